The van der Waals surface area contributed by atoms with Crippen LogP contribution in [-0.4, -0.2) is 79.6 Å². The number of likely N-dealkylation sites (N-methyl/N-ethyl adjacent to an activating group) is 1. The molecule has 0 radical (unpaired) electrons. The summed E-state index contributed by atoms with van der Waals surface area (Å²) >= 11 is 0. The van der Waals surface area contributed by atoms with Gasteiger partial charge in [-0.05, 0) is 45.5 Å². The van der Waals surface area contributed by atoms with Gasteiger partial charge in [0.2, 0.25) is 0 Å². The van der Waals surface area contributed by atoms with E-state index in [2.05, 4.69) is 16.8 Å². The lowest BCUT2D eigenvalue weighted by Crippen LogP contribution is -2.55. The zero-order valence-electron chi connectivity index (χ0n) is 15.2. The minimum Gasteiger partial charge on any atom is -0.490 e. The molecule has 1 aromatic rings. The molecule has 2 heterocycles. The molecule has 2 aliphatic rings. The Morgan fingerprint density at radius 3 is 2.68 bits per heavy atom. The van der Waals surface area contributed by atoms with E-state index in [0.717, 1.165) is 19.6 Å². The Bertz CT molecular complexity index is 602. The first-order valence-electron chi connectivity index (χ1n) is 9.23. The molecule has 1 aromatic carbocycles. The third-order valence-electron chi connectivity index (χ3n) is 5.20. The van der Waals surface area contributed by atoms with Crippen molar-refractivity contribution in [1.29, 1.82) is 0 Å². The zero-order valence-corrected chi connectivity index (χ0v) is 15.2. The van der Waals surface area contributed by atoms with E-state index < -0.39 is 5.82 Å². The van der Waals surface area contributed by atoms with Gasteiger partial charge >= 0.3 is 0 Å². The summed E-state index contributed by atoms with van der Waals surface area (Å²) in [5.41, 5.74) is 0.327. The summed E-state index contributed by atoms with van der Waals surface area (Å²) in [6.45, 7) is 7.53. The van der Waals surface area contributed by atoms with Crippen LogP contribution in [0.3, 0.4) is 0 Å². The van der Waals surface area contributed by atoms with Gasteiger partial charge in [-0.2, -0.15) is 0 Å². The summed E-state index contributed by atoms with van der Waals surface area (Å²) in [7, 11) is 2.17. The monoisotopic (exact) mass is 349 g/mol. The first-order valence-corrected chi connectivity index (χ1v) is 9.23. The second kappa shape index (κ2) is 8.15. The maximum Gasteiger partial charge on any atom is 0.257 e. The van der Waals surface area contributed by atoms with Crippen molar-refractivity contribution in [3.05, 3.63) is 29.6 Å². The first-order chi connectivity index (χ1) is 12.1. The number of para-hydroxylation sites is 1. The molecule has 0 aromatic heterocycles. The molecule has 1 amide bonds. The highest BCUT2D eigenvalue weighted by Crippen LogP contribution is 2.25. The van der Waals surface area contributed by atoms with Gasteiger partial charge in [0, 0.05) is 38.8 Å². The lowest BCUT2D eigenvalue weighted by atomic mass is 10.0. The fourth-order valence-corrected chi connectivity index (χ4v) is 3.87. The summed E-state index contributed by atoms with van der Waals surface area (Å²) in [4.78, 5) is 19.5. The van der Waals surface area contributed by atoms with Crippen molar-refractivity contribution >= 4 is 5.91 Å². The van der Waals surface area contributed by atoms with Gasteiger partial charge in [-0.15, -0.1) is 0 Å². The molecule has 25 heavy (non-hydrogen) atoms. The molecule has 6 heteroatoms. The molecule has 0 saturated carbocycles. The second-order valence-electron chi connectivity index (χ2n) is 6.94. The van der Waals surface area contributed by atoms with E-state index in [1.54, 1.807) is 19.1 Å². The lowest BCUT2D eigenvalue weighted by Gasteiger charge is -2.42. The van der Waals surface area contributed by atoms with Gasteiger partial charge in [0.15, 0.2) is 11.6 Å². The molecule has 0 N–H and O–H groups in total. The molecule has 5 nitrogen and oxygen atoms in total. The van der Waals surface area contributed by atoms with Gasteiger partial charge in [0.25, 0.3) is 5.91 Å². The van der Waals surface area contributed by atoms with Gasteiger partial charge in [-0.3, -0.25) is 9.69 Å². The quantitative estimate of drug-likeness (QED) is 0.834. The number of rotatable bonds is 4. The number of benzene rings is 1. The molecular formula is C19H28FN3O2. The van der Waals surface area contributed by atoms with Crippen LogP contribution in [0.25, 0.3) is 0 Å². The predicted molar refractivity (Wildman–Crippen MR) is 95.6 cm³/mol. The standard InChI is InChI=1S/C19H28FN3O2/c1-3-25-18-16(7-4-8-17(18)20)19(24)23-12-10-22(11-13-23)15-6-5-9-21(2)14-15/h4,7-8,15H,3,5-6,9-14H2,1-2H3/t15-/m0/s1. The Kier molecular flexibility index (Phi) is 5.91. The van der Waals surface area contributed by atoms with Crippen molar-refractivity contribution in [2.24, 2.45) is 0 Å². The highest BCUT2D eigenvalue weighted by atomic mass is 19.1. The van der Waals surface area contributed by atoms with E-state index in [1.165, 1.54) is 25.5 Å². The van der Waals surface area contributed by atoms with Crippen LogP contribution in [0.2, 0.25) is 0 Å². The lowest BCUT2D eigenvalue weighted by molar-refractivity contribution is 0.0449. The molecule has 2 fully saturated rings. The Hall–Kier alpha value is -1.66. The van der Waals surface area contributed by atoms with Crippen molar-refractivity contribution in [3.63, 3.8) is 0 Å². The largest absolute Gasteiger partial charge is 0.490 e. The highest BCUT2D eigenvalue weighted by Gasteiger charge is 2.30. The predicted octanol–water partition coefficient (Wildman–Crippen LogP) is 2.08. The summed E-state index contributed by atoms with van der Waals surface area (Å²) in [6, 6.07) is 5.14. The fraction of sp³-hybridized carbons (Fsp3) is 0.632. The maximum atomic E-state index is 14.0. The molecular weight excluding hydrogens is 321 g/mol. The normalized spacial score (nSPS) is 22.8. The highest BCUT2D eigenvalue weighted by molar-refractivity contribution is 5.97. The molecule has 138 valence electrons. The topological polar surface area (TPSA) is 36.0 Å². The zero-order chi connectivity index (χ0) is 17.8. The van der Waals surface area contributed by atoms with Crippen LogP contribution in [0.15, 0.2) is 18.2 Å². The number of likely N-dealkylation sites (tertiary alicyclic amines) is 1. The van der Waals surface area contributed by atoms with Crippen LogP contribution in [0.5, 0.6) is 5.75 Å². The number of piperazine rings is 1. The van der Waals surface area contributed by atoms with E-state index in [4.69, 9.17) is 4.74 Å². The van der Waals surface area contributed by atoms with Crippen molar-refractivity contribution < 1.29 is 13.9 Å². The third kappa shape index (κ3) is 4.12. The number of amides is 1. The van der Waals surface area contributed by atoms with E-state index >= 15 is 0 Å². The Morgan fingerprint density at radius 2 is 2.00 bits per heavy atom. The van der Waals surface area contributed by atoms with E-state index in [0.29, 0.717) is 31.3 Å². The molecule has 2 saturated heterocycles. The molecule has 1 atom stereocenters. The van der Waals surface area contributed by atoms with Crippen LogP contribution in [0, 0.1) is 5.82 Å². The average molecular weight is 349 g/mol. The van der Waals surface area contributed by atoms with Crippen LogP contribution in [0.4, 0.5) is 4.39 Å². The molecule has 3 rings (SSSR count). The number of nitrogens with zero attached hydrogens (tertiary/aromatic N) is 3. The number of carbonyl (C=O) groups excluding carboxylic acids is 1. The number of hydrogen-bond acceptors (Lipinski definition) is 4. The number of halogens is 1. The number of ether oxygens (including phenoxy) is 1. The SMILES string of the molecule is CCOc1c(F)cccc1C(=O)N1CCN([C@H]2CCCN(C)C2)CC1. The first kappa shape index (κ1) is 18.1. The van der Waals surface area contributed by atoms with E-state index in [-0.39, 0.29) is 11.7 Å². The Balaban J connectivity index is 1.63. The summed E-state index contributed by atoms with van der Waals surface area (Å²) < 4.78 is 19.4. The summed E-state index contributed by atoms with van der Waals surface area (Å²) in [6.07, 6.45) is 2.47. The number of hydrogen-bond donors (Lipinski definition) is 0. The van der Waals surface area contributed by atoms with Crippen molar-refractivity contribution in [1.82, 2.24) is 14.7 Å². The van der Waals surface area contributed by atoms with Crippen LogP contribution < -0.4 is 4.74 Å². The third-order valence-corrected chi connectivity index (χ3v) is 5.20. The molecule has 0 aliphatic carbocycles. The molecule has 0 bridgehead atoms. The summed E-state index contributed by atoms with van der Waals surface area (Å²) in [5.74, 6) is -0.536. The fourth-order valence-electron chi connectivity index (χ4n) is 3.87. The van der Waals surface area contributed by atoms with Gasteiger partial charge in [0.1, 0.15) is 0 Å². The average Bonchev–Trinajstić information content (AvgIpc) is 2.63. The van der Waals surface area contributed by atoms with Crippen LogP contribution in [0.1, 0.15) is 30.1 Å². The Labute approximate surface area is 149 Å². The van der Waals surface area contributed by atoms with Crippen LogP contribution in [-0.2, 0) is 0 Å². The maximum absolute atomic E-state index is 14.0. The van der Waals surface area contributed by atoms with Crippen molar-refractivity contribution in [2.45, 2.75) is 25.8 Å². The van der Waals surface area contributed by atoms with E-state index in [1.807, 2.05) is 4.90 Å². The van der Waals surface area contributed by atoms with Gasteiger partial charge < -0.3 is 14.5 Å². The van der Waals surface area contributed by atoms with Crippen molar-refractivity contribution in [2.75, 3.05) is 52.9 Å². The molecule has 2 aliphatic heterocycles. The van der Waals surface area contributed by atoms with Gasteiger partial charge in [0.05, 0.1) is 12.2 Å². The van der Waals surface area contributed by atoms with Crippen molar-refractivity contribution in [3.8, 4) is 5.75 Å². The molecule has 0 spiro atoms. The summed E-state index contributed by atoms with van der Waals surface area (Å²) in [5, 5.41) is 0. The minimum atomic E-state index is -0.475. The number of carbonyl (C=O) groups is 1. The van der Waals surface area contributed by atoms with Gasteiger partial charge in [-0.25, -0.2) is 4.39 Å². The van der Waals surface area contributed by atoms with E-state index in [9.17, 15) is 9.18 Å². The Morgan fingerprint density at radius 1 is 1.24 bits per heavy atom. The second-order valence-corrected chi connectivity index (χ2v) is 6.94. The van der Waals surface area contributed by atoms with Gasteiger partial charge in [-0.1, -0.05) is 6.07 Å². The minimum absolute atomic E-state index is 0.0753. The molecule has 0 unspecified atom stereocenters. The van der Waals surface area contributed by atoms with Crippen LogP contribution >= 0.6 is 0 Å². The number of piperidine rings is 1. The smallest absolute Gasteiger partial charge is 0.257 e.